The first kappa shape index (κ1) is 14.1. The Morgan fingerprint density at radius 1 is 1.14 bits per heavy atom. The number of hydrogen-bond acceptors (Lipinski definition) is 2. The summed E-state index contributed by atoms with van der Waals surface area (Å²) in [6.45, 7) is 0.110. The molecule has 0 unspecified atom stereocenters. The van der Waals surface area contributed by atoms with Gasteiger partial charge in [0.1, 0.15) is 18.2 Å². The summed E-state index contributed by atoms with van der Waals surface area (Å²) in [5.41, 5.74) is 2.20. The van der Waals surface area contributed by atoms with Gasteiger partial charge in [-0.1, -0.05) is 11.6 Å². The lowest BCUT2D eigenvalue weighted by Crippen LogP contribution is -2.10. The van der Waals surface area contributed by atoms with Crippen molar-refractivity contribution in [3.63, 3.8) is 0 Å². The average Bonchev–Trinajstić information content (AvgIpc) is 2.48. The van der Waals surface area contributed by atoms with Crippen LogP contribution in [0.15, 0.2) is 36.4 Å². The molecule has 2 aromatic rings. The number of hydrogen-bond donors (Lipinski definition) is 0. The zero-order valence-electron chi connectivity index (χ0n) is 11.4. The number of ketones is 1. The molecule has 0 heterocycles. The van der Waals surface area contributed by atoms with Gasteiger partial charge in [-0.2, -0.15) is 0 Å². The molecule has 0 saturated carbocycles. The summed E-state index contributed by atoms with van der Waals surface area (Å²) in [6, 6.07) is 9.80. The van der Waals surface area contributed by atoms with E-state index >= 15 is 0 Å². The molecular formula is C17H14ClFO2. The van der Waals surface area contributed by atoms with Gasteiger partial charge >= 0.3 is 0 Å². The van der Waals surface area contributed by atoms with Gasteiger partial charge in [0.05, 0.1) is 0 Å². The van der Waals surface area contributed by atoms with Crippen LogP contribution in [0.25, 0.3) is 0 Å². The minimum Gasteiger partial charge on any atom is -0.489 e. The monoisotopic (exact) mass is 304 g/mol. The van der Waals surface area contributed by atoms with Crippen LogP contribution in [0.5, 0.6) is 5.75 Å². The average molecular weight is 305 g/mol. The predicted molar refractivity (Wildman–Crippen MR) is 79.5 cm³/mol. The topological polar surface area (TPSA) is 26.3 Å². The normalized spacial score (nSPS) is 13.9. The second-order valence-corrected chi connectivity index (χ2v) is 5.56. The molecule has 2 nitrogen and oxygen atoms in total. The number of fused-ring (bicyclic) bond motifs is 1. The molecule has 2 aromatic carbocycles. The van der Waals surface area contributed by atoms with Gasteiger partial charge in [-0.25, -0.2) is 4.39 Å². The Labute approximate surface area is 127 Å². The maximum Gasteiger partial charge on any atom is 0.163 e. The van der Waals surface area contributed by atoms with Crippen molar-refractivity contribution in [1.82, 2.24) is 0 Å². The SMILES string of the molecule is O=C1CCCc2cc(OCc3cc(Cl)ccc3F)ccc21. The fourth-order valence-corrected chi connectivity index (χ4v) is 2.72. The summed E-state index contributed by atoms with van der Waals surface area (Å²) in [4.78, 5) is 11.8. The van der Waals surface area contributed by atoms with Crippen molar-refractivity contribution in [1.29, 1.82) is 0 Å². The van der Waals surface area contributed by atoms with Gasteiger partial charge in [0, 0.05) is 22.6 Å². The molecule has 0 radical (unpaired) electrons. The van der Waals surface area contributed by atoms with Crippen molar-refractivity contribution in [3.8, 4) is 5.75 Å². The highest BCUT2D eigenvalue weighted by Gasteiger charge is 2.17. The van der Waals surface area contributed by atoms with E-state index in [1.807, 2.05) is 6.07 Å². The molecule has 0 fully saturated rings. The lowest BCUT2D eigenvalue weighted by atomic mass is 9.90. The third-order valence-electron chi connectivity index (χ3n) is 3.63. The van der Waals surface area contributed by atoms with Crippen LogP contribution >= 0.6 is 11.6 Å². The van der Waals surface area contributed by atoms with Crippen LogP contribution in [0.3, 0.4) is 0 Å². The summed E-state index contributed by atoms with van der Waals surface area (Å²) >= 11 is 5.85. The zero-order chi connectivity index (χ0) is 14.8. The highest BCUT2D eigenvalue weighted by molar-refractivity contribution is 6.30. The quantitative estimate of drug-likeness (QED) is 0.830. The first-order valence-corrected chi connectivity index (χ1v) is 7.24. The van der Waals surface area contributed by atoms with Crippen molar-refractivity contribution < 1.29 is 13.9 Å². The van der Waals surface area contributed by atoms with E-state index in [-0.39, 0.29) is 18.2 Å². The number of aryl methyl sites for hydroxylation is 1. The van der Waals surface area contributed by atoms with Gasteiger partial charge in [-0.15, -0.1) is 0 Å². The van der Waals surface area contributed by atoms with Gasteiger partial charge in [0.2, 0.25) is 0 Å². The molecular weight excluding hydrogens is 291 g/mol. The molecule has 0 saturated heterocycles. The summed E-state index contributed by atoms with van der Waals surface area (Å²) in [5, 5.41) is 0.478. The van der Waals surface area contributed by atoms with Crippen molar-refractivity contribution in [3.05, 3.63) is 63.9 Å². The maximum atomic E-state index is 13.6. The highest BCUT2D eigenvalue weighted by Crippen LogP contribution is 2.26. The molecule has 108 valence electrons. The molecule has 0 amide bonds. The van der Waals surface area contributed by atoms with Crippen molar-refractivity contribution in [2.24, 2.45) is 0 Å². The van der Waals surface area contributed by atoms with Crippen LogP contribution in [-0.4, -0.2) is 5.78 Å². The van der Waals surface area contributed by atoms with Crippen LogP contribution in [0, 0.1) is 5.82 Å². The number of carbonyl (C=O) groups is 1. The molecule has 21 heavy (non-hydrogen) atoms. The molecule has 0 N–H and O–H groups in total. The Balaban J connectivity index is 1.77. The molecule has 3 rings (SSSR count). The van der Waals surface area contributed by atoms with Crippen LogP contribution < -0.4 is 4.74 Å². The van der Waals surface area contributed by atoms with Crippen molar-refractivity contribution >= 4 is 17.4 Å². The molecule has 0 atom stereocenters. The molecule has 1 aliphatic rings. The van der Waals surface area contributed by atoms with Gasteiger partial charge in [-0.05, 0) is 54.8 Å². The van der Waals surface area contributed by atoms with Gasteiger partial charge < -0.3 is 4.74 Å². The van der Waals surface area contributed by atoms with Crippen molar-refractivity contribution in [2.45, 2.75) is 25.9 Å². The predicted octanol–water partition coefficient (Wildman–Crippen LogP) is 4.58. The van der Waals surface area contributed by atoms with Crippen LogP contribution in [0.4, 0.5) is 4.39 Å². The van der Waals surface area contributed by atoms with Crippen LogP contribution in [0.1, 0.15) is 34.3 Å². The first-order valence-electron chi connectivity index (χ1n) is 6.86. The number of carbonyl (C=O) groups excluding carboxylic acids is 1. The third-order valence-corrected chi connectivity index (χ3v) is 3.86. The zero-order valence-corrected chi connectivity index (χ0v) is 12.1. The molecule has 0 bridgehead atoms. The van der Waals surface area contributed by atoms with Crippen LogP contribution in [-0.2, 0) is 13.0 Å². The molecule has 0 aromatic heterocycles. The number of halogens is 2. The second kappa shape index (κ2) is 5.86. The molecule has 0 aliphatic heterocycles. The molecule has 4 heteroatoms. The van der Waals surface area contributed by atoms with E-state index < -0.39 is 0 Å². The van der Waals surface area contributed by atoms with Crippen LogP contribution in [0.2, 0.25) is 5.02 Å². The minimum atomic E-state index is -0.340. The van der Waals surface area contributed by atoms with E-state index in [0.717, 1.165) is 24.0 Å². The number of ether oxygens (including phenoxy) is 1. The van der Waals surface area contributed by atoms with E-state index in [9.17, 15) is 9.18 Å². The van der Waals surface area contributed by atoms with E-state index in [0.29, 0.717) is 22.8 Å². The third kappa shape index (κ3) is 3.08. The summed E-state index contributed by atoms with van der Waals surface area (Å²) in [7, 11) is 0. The lowest BCUT2D eigenvalue weighted by molar-refractivity contribution is 0.0972. The highest BCUT2D eigenvalue weighted by atomic mass is 35.5. The fourth-order valence-electron chi connectivity index (χ4n) is 2.53. The molecule has 0 spiro atoms. The Morgan fingerprint density at radius 2 is 2.00 bits per heavy atom. The largest absolute Gasteiger partial charge is 0.489 e. The Kier molecular flexibility index (Phi) is 3.93. The maximum absolute atomic E-state index is 13.6. The summed E-state index contributed by atoms with van der Waals surface area (Å²) in [5.74, 6) is 0.485. The Hall–Kier alpha value is -1.87. The van der Waals surface area contributed by atoms with Gasteiger partial charge in [-0.3, -0.25) is 4.79 Å². The Morgan fingerprint density at radius 3 is 2.86 bits per heavy atom. The summed E-state index contributed by atoms with van der Waals surface area (Å²) < 4.78 is 19.2. The smallest absolute Gasteiger partial charge is 0.163 e. The lowest BCUT2D eigenvalue weighted by Gasteiger charge is -2.16. The number of benzene rings is 2. The number of rotatable bonds is 3. The fraction of sp³-hybridized carbons (Fsp3) is 0.235. The van der Waals surface area contributed by atoms with Crippen molar-refractivity contribution in [2.75, 3.05) is 0 Å². The van der Waals surface area contributed by atoms with E-state index in [4.69, 9.17) is 16.3 Å². The summed E-state index contributed by atoms with van der Waals surface area (Å²) in [6.07, 6.45) is 2.36. The van der Waals surface area contributed by atoms with Gasteiger partial charge in [0.15, 0.2) is 5.78 Å². The Bertz CT molecular complexity index is 697. The van der Waals surface area contributed by atoms with E-state index in [2.05, 4.69) is 0 Å². The van der Waals surface area contributed by atoms with Gasteiger partial charge in [0.25, 0.3) is 0 Å². The number of Topliss-reactive ketones (excluding diaryl/α,β-unsaturated/α-hetero) is 1. The standard InChI is InChI=1S/C17H14ClFO2/c18-13-4-7-16(19)12(8-13)10-21-14-5-6-15-11(9-14)2-1-3-17(15)20/h4-9H,1-3,10H2. The minimum absolute atomic E-state index is 0.110. The first-order chi connectivity index (χ1) is 10.1. The molecule has 1 aliphatic carbocycles. The second-order valence-electron chi connectivity index (χ2n) is 5.12. The van der Waals surface area contributed by atoms with E-state index in [1.165, 1.54) is 12.1 Å². The van der Waals surface area contributed by atoms with E-state index in [1.54, 1.807) is 18.2 Å².